The van der Waals surface area contributed by atoms with E-state index in [2.05, 4.69) is 26.7 Å². The second-order valence-corrected chi connectivity index (χ2v) is 6.19. The molecule has 0 saturated heterocycles. The van der Waals surface area contributed by atoms with Crippen molar-refractivity contribution in [2.24, 2.45) is 7.05 Å². The number of aromatic amines is 1. The summed E-state index contributed by atoms with van der Waals surface area (Å²) in [4.78, 5) is 12.2. The van der Waals surface area contributed by atoms with Crippen LogP contribution in [-0.2, 0) is 18.3 Å². The Labute approximate surface area is 137 Å². The van der Waals surface area contributed by atoms with Crippen molar-refractivity contribution in [3.8, 4) is 0 Å². The quantitative estimate of drug-likeness (QED) is 0.759. The Kier molecular flexibility index (Phi) is 3.16. The molecule has 1 amide bonds. The van der Waals surface area contributed by atoms with Gasteiger partial charge in [0.05, 0.1) is 17.4 Å². The summed E-state index contributed by atoms with van der Waals surface area (Å²) in [6, 6.07) is 4.00. The molecule has 1 aliphatic heterocycles. The van der Waals surface area contributed by atoms with Gasteiger partial charge in [-0.05, 0) is 24.1 Å². The molecule has 118 valence electrons. The molecule has 23 heavy (non-hydrogen) atoms. The number of H-pyrrole nitrogens is 1. The number of hydrogen-bond acceptors (Lipinski definition) is 3. The van der Waals surface area contributed by atoms with Crippen molar-refractivity contribution in [2.75, 3.05) is 5.32 Å². The maximum atomic E-state index is 12.2. The highest BCUT2D eigenvalue weighted by Gasteiger charge is 2.32. The minimum atomic E-state index is -0.0887. The Morgan fingerprint density at radius 3 is 3.04 bits per heavy atom. The first-order valence-corrected chi connectivity index (χ1v) is 7.94. The number of aromatic nitrogens is 4. The van der Waals surface area contributed by atoms with Gasteiger partial charge in [-0.1, -0.05) is 18.5 Å². The highest BCUT2D eigenvalue weighted by Crippen LogP contribution is 2.42. The Hall–Kier alpha value is -2.34. The fourth-order valence-electron chi connectivity index (χ4n) is 3.34. The second-order valence-electron chi connectivity index (χ2n) is 5.83. The normalized spacial score (nSPS) is 17.3. The summed E-state index contributed by atoms with van der Waals surface area (Å²) < 4.78 is 1.68. The molecule has 2 N–H and O–H groups in total. The number of nitrogens with one attached hydrogen (secondary N) is 2. The van der Waals surface area contributed by atoms with Crippen molar-refractivity contribution < 1.29 is 4.79 Å². The van der Waals surface area contributed by atoms with E-state index in [1.807, 2.05) is 20.0 Å². The van der Waals surface area contributed by atoms with Crippen LogP contribution in [-0.4, -0.2) is 25.9 Å². The van der Waals surface area contributed by atoms with Crippen LogP contribution in [0.1, 0.15) is 36.1 Å². The number of benzene rings is 1. The smallest absolute Gasteiger partial charge is 0.225 e. The highest BCUT2D eigenvalue weighted by molar-refractivity contribution is 6.30. The van der Waals surface area contributed by atoms with E-state index < -0.39 is 0 Å². The Bertz CT molecular complexity index is 926. The lowest BCUT2D eigenvalue weighted by Crippen LogP contribution is -2.24. The summed E-state index contributed by atoms with van der Waals surface area (Å²) in [5.41, 5.74) is 4.66. The fourth-order valence-corrected chi connectivity index (χ4v) is 3.62. The van der Waals surface area contributed by atoms with Gasteiger partial charge < -0.3 is 5.32 Å². The zero-order chi connectivity index (χ0) is 16.1. The first kappa shape index (κ1) is 14.3. The topological polar surface area (TPSA) is 75.6 Å². The third-order valence-electron chi connectivity index (χ3n) is 4.42. The largest absolute Gasteiger partial charge is 0.326 e. The first-order chi connectivity index (χ1) is 11.1. The molecule has 4 rings (SSSR count). The average Bonchev–Trinajstić information content (AvgIpc) is 3.09. The molecule has 2 aromatic heterocycles. The van der Waals surface area contributed by atoms with E-state index in [9.17, 15) is 4.79 Å². The minimum absolute atomic E-state index is 0.0108. The number of amides is 1. The monoisotopic (exact) mass is 329 g/mol. The molecule has 3 aromatic rings. The summed E-state index contributed by atoms with van der Waals surface area (Å²) in [6.07, 6.45) is 2.93. The zero-order valence-electron chi connectivity index (χ0n) is 12.9. The molecule has 0 saturated carbocycles. The van der Waals surface area contributed by atoms with Crippen LogP contribution in [0.15, 0.2) is 18.3 Å². The molecule has 1 aromatic carbocycles. The van der Waals surface area contributed by atoms with E-state index in [0.717, 1.165) is 39.8 Å². The number of anilines is 1. The van der Waals surface area contributed by atoms with Crippen molar-refractivity contribution in [3.63, 3.8) is 0 Å². The van der Waals surface area contributed by atoms with Gasteiger partial charge in [0.1, 0.15) is 5.15 Å². The number of aryl methyl sites for hydroxylation is 2. The minimum Gasteiger partial charge on any atom is -0.326 e. The third-order valence-corrected chi connectivity index (χ3v) is 4.87. The standard InChI is InChI=1S/C16H16ClN5O/c1-3-11-15(16(17)22(2)21-11)10-5-14(23)19-13-6-12-8(4-9(10)13)7-18-20-12/h4,6-7,10H,3,5H2,1-2H3,(H,18,20)(H,19,23)/t10-/m1/s1. The molecule has 0 bridgehead atoms. The number of nitrogens with zero attached hydrogens (tertiary/aromatic N) is 3. The van der Waals surface area contributed by atoms with Gasteiger partial charge in [-0.15, -0.1) is 0 Å². The summed E-state index contributed by atoms with van der Waals surface area (Å²) >= 11 is 6.49. The third kappa shape index (κ3) is 2.13. The van der Waals surface area contributed by atoms with Gasteiger partial charge >= 0.3 is 0 Å². The molecular formula is C16H16ClN5O. The number of hydrogen-bond donors (Lipinski definition) is 2. The Balaban J connectivity index is 1.95. The van der Waals surface area contributed by atoms with Crippen LogP contribution in [0.2, 0.25) is 5.15 Å². The lowest BCUT2D eigenvalue weighted by atomic mass is 9.84. The lowest BCUT2D eigenvalue weighted by molar-refractivity contribution is -0.116. The van der Waals surface area contributed by atoms with Crippen LogP contribution < -0.4 is 5.32 Å². The Morgan fingerprint density at radius 1 is 1.43 bits per heavy atom. The van der Waals surface area contributed by atoms with E-state index in [4.69, 9.17) is 11.6 Å². The molecule has 7 heteroatoms. The van der Waals surface area contributed by atoms with Gasteiger partial charge in [-0.3, -0.25) is 14.6 Å². The summed E-state index contributed by atoms with van der Waals surface area (Å²) in [5.74, 6) is -0.0995. The first-order valence-electron chi connectivity index (χ1n) is 7.56. The van der Waals surface area contributed by atoms with Crippen LogP contribution >= 0.6 is 11.6 Å². The number of halogens is 1. The Morgan fingerprint density at radius 2 is 2.26 bits per heavy atom. The highest BCUT2D eigenvalue weighted by atomic mass is 35.5. The van der Waals surface area contributed by atoms with Gasteiger partial charge in [0.2, 0.25) is 5.91 Å². The zero-order valence-corrected chi connectivity index (χ0v) is 13.6. The van der Waals surface area contributed by atoms with E-state index in [1.54, 1.807) is 10.9 Å². The molecule has 6 nitrogen and oxygen atoms in total. The molecule has 0 radical (unpaired) electrons. The average molecular weight is 330 g/mol. The van der Waals surface area contributed by atoms with Gasteiger partial charge in [0, 0.05) is 36.0 Å². The van der Waals surface area contributed by atoms with Gasteiger partial charge in [-0.25, -0.2) is 0 Å². The summed E-state index contributed by atoms with van der Waals surface area (Å²) in [6.45, 7) is 2.05. The SMILES string of the molecule is CCc1nn(C)c(Cl)c1[C@@H]1CC(=O)Nc2cc3[nH]ncc3cc21. The van der Waals surface area contributed by atoms with Crippen LogP contribution in [0, 0.1) is 0 Å². The van der Waals surface area contributed by atoms with Gasteiger partial charge in [0.25, 0.3) is 0 Å². The molecule has 1 aliphatic rings. The lowest BCUT2D eigenvalue weighted by Gasteiger charge is -2.26. The molecule has 1 atom stereocenters. The van der Waals surface area contributed by atoms with E-state index in [0.29, 0.717) is 11.6 Å². The number of fused-ring (bicyclic) bond motifs is 2. The molecule has 0 fully saturated rings. The van der Waals surface area contributed by atoms with Crippen LogP contribution in [0.25, 0.3) is 10.9 Å². The molecular weight excluding hydrogens is 314 g/mol. The van der Waals surface area contributed by atoms with Crippen molar-refractivity contribution in [3.05, 3.63) is 40.3 Å². The maximum Gasteiger partial charge on any atom is 0.225 e. The van der Waals surface area contributed by atoms with Crippen LogP contribution in [0.5, 0.6) is 0 Å². The molecule has 0 unspecified atom stereocenters. The predicted octanol–water partition coefficient (Wildman–Crippen LogP) is 2.99. The van der Waals surface area contributed by atoms with Crippen molar-refractivity contribution >= 4 is 34.1 Å². The predicted molar refractivity (Wildman–Crippen MR) is 88.8 cm³/mol. The van der Waals surface area contributed by atoms with Crippen molar-refractivity contribution in [1.29, 1.82) is 0 Å². The van der Waals surface area contributed by atoms with Gasteiger partial charge in [-0.2, -0.15) is 10.2 Å². The van der Waals surface area contributed by atoms with Crippen molar-refractivity contribution in [1.82, 2.24) is 20.0 Å². The van der Waals surface area contributed by atoms with Crippen LogP contribution in [0.3, 0.4) is 0 Å². The number of carbonyl (C=O) groups excluding carboxylic acids is 1. The maximum absolute atomic E-state index is 12.2. The summed E-state index contributed by atoms with van der Waals surface area (Å²) in [5, 5.41) is 16.0. The fraction of sp³-hybridized carbons (Fsp3) is 0.312. The van der Waals surface area contributed by atoms with Crippen LogP contribution in [0.4, 0.5) is 5.69 Å². The molecule has 0 spiro atoms. The summed E-state index contributed by atoms with van der Waals surface area (Å²) in [7, 11) is 1.83. The van der Waals surface area contributed by atoms with Gasteiger partial charge in [0.15, 0.2) is 0 Å². The molecule has 0 aliphatic carbocycles. The van der Waals surface area contributed by atoms with E-state index in [1.165, 1.54) is 0 Å². The molecule has 3 heterocycles. The van der Waals surface area contributed by atoms with E-state index in [-0.39, 0.29) is 11.8 Å². The number of rotatable bonds is 2. The number of carbonyl (C=O) groups is 1. The van der Waals surface area contributed by atoms with E-state index >= 15 is 0 Å². The second kappa shape index (κ2) is 5.09. The van der Waals surface area contributed by atoms with Crippen molar-refractivity contribution in [2.45, 2.75) is 25.7 Å².